The van der Waals surface area contributed by atoms with Crippen molar-refractivity contribution in [2.45, 2.75) is 250 Å². The van der Waals surface area contributed by atoms with E-state index >= 15 is 0 Å². The van der Waals surface area contributed by atoms with Gasteiger partial charge >= 0.3 is 0 Å². The first kappa shape index (κ1) is 38.3. The molecule has 4 heteroatoms. The average Bonchev–Trinajstić information content (AvgIpc) is 3.95. The Balaban J connectivity index is 0.762. The Labute approximate surface area is 352 Å². The van der Waals surface area contributed by atoms with Gasteiger partial charge in [-0.05, 0) is 199 Å². The molecule has 0 aromatic carbocycles. The van der Waals surface area contributed by atoms with E-state index in [-0.39, 0.29) is 0 Å². The van der Waals surface area contributed by atoms with Gasteiger partial charge in [0.15, 0.2) is 0 Å². The third-order valence-electron chi connectivity index (χ3n) is 21.4. The van der Waals surface area contributed by atoms with Gasteiger partial charge in [-0.25, -0.2) is 0 Å². The number of nitrogens with zero attached hydrogens (tertiary/aromatic N) is 1. The highest BCUT2D eigenvalue weighted by Gasteiger charge is 2.60. The van der Waals surface area contributed by atoms with E-state index in [4.69, 9.17) is 4.74 Å². The highest BCUT2D eigenvalue weighted by Crippen LogP contribution is 2.66. The molecule has 0 spiro atoms. The van der Waals surface area contributed by atoms with Crippen LogP contribution in [0.2, 0.25) is 0 Å². The zero-order chi connectivity index (χ0) is 36.7. The van der Waals surface area contributed by atoms with Gasteiger partial charge < -0.3 is 4.74 Å². The SMILES string of the molecule is C1CCC2CC(C3CCC(N(C4CCCC(C5CCCC6C7CCC8SC9CCCCC9C8C7SC56)C4)C4CCC5C(C4)OC4CCCCC45)CC3)CCC2C1. The van der Waals surface area contributed by atoms with Gasteiger partial charge in [0.2, 0.25) is 0 Å². The first-order valence-electron chi connectivity index (χ1n) is 26.5. The van der Waals surface area contributed by atoms with Crippen LogP contribution in [0.5, 0.6) is 0 Å². The Morgan fingerprint density at radius 2 is 0.929 bits per heavy atom. The van der Waals surface area contributed by atoms with E-state index in [1.807, 2.05) is 0 Å². The van der Waals surface area contributed by atoms with E-state index in [2.05, 4.69) is 28.4 Å². The molecule has 9 saturated carbocycles. The monoisotopic (exact) mass is 802 g/mol. The highest BCUT2D eigenvalue weighted by molar-refractivity contribution is 8.02. The minimum atomic E-state index is 0.587. The third kappa shape index (κ3) is 6.92. The second-order valence-corrected chi connectivity index (χ2v) is 26.4. The zero-order valence-corrected chi connectivity index (χ0v) is 37.3. The Bertz CT molecular complexity index is 1350. The van der Waals surface area contributed by atoms with Crippen molar-refractivity contribution in [1.29, 1.82) is 0 Å². The number of hydrogen-bond donors (Lipinski definition) is 0. The van der Waals surface area contributed by atoms with E-state index < -0.39 is 0 Å². The fraction of sp³-hybridized carbons (Fsp3) is 1.00. The van der Waals surface area contributed by atoms with Gasteiger partial charge in [-0.2, -0.15) is 23.5 Å². The Hall–Kier alpha value is 0.620. The molecule has 0 aromatic rings. The van der Waals surface area contributed by atoms with Crippen LogP contribution in [0.4, 0.5) is 0 Å². The molecule has 0 aromatic heterocycles. The lowest BCUT2D eigenvalue weighted by molar-refractivity contribution is -0.0513. The van der Waals surface area contributed by atoms with Crippen molar-refractivity contribution >= 4 is 23.5 Å². The molecule has 314 valence electrons. The number of rotatable bonds is 5. The lowest BCUT2D eigenvalue weighted by Gasteiger charge is -2.52. The van der Waals surface area contributed by atoms with E-state index in [0.717, 1.165) is 110 Å². The maximum Gasteiger partial charge on any atom is 0.0625 e. The summed E-state index contributed by atoms with van der Waals surface area (Å²) in [5.74, 6) is 12.5. The number of ether oxygens (including phenoxy) is 1. The molecule has 3 heterocycles. The van der Waals surface area contributed by atoms with Gasteiger partial charge in [0.05, 0.1) is 12.2 Å². The molecule has 3 saturated heterocycles. The van der Waals surface area contributed by atoms with Gasteiger partial charge in [0.25, 0.3) is 0 Å². The maximum absolute atomic E-state index is 7.11. The summed E-state index contributed by atoms with van der Waals surface area (Å²) in [6.45, 7) is 0. The fourth-order valence-corrected chi connectivity index (χ4v) is 23.9. The van der Waals surface area contributed by atoms with Crippen LogP contribution in [0, 0.1) is 71.0 Å². The van der Waals surface area contributed by atoms with Gasteiger partial charge in [-0.1, -0.05) is 70.6 Å². The first-order valence-corrected chi connectivity index (χ1v) is 28.4. The molecule has 0 bridgehead atoms. The van der Waals surface area contributed by atoms with Crippen LogP contribution in [0.15, 0.2) is 0 Å². The van der Waals surface area contributed by atoms with Crippen LogP contribution < -0.4 is 0 Å². The predicted octanol–water partition coefficient (Wildman–Crippen LogP) is 13.7. The molecule has 12 aliphatic rings. The van der Waals surface area contributed by atoms with Crippen LogP contribution in [-0.2, 0) is 4.74 Å². The Morgan fingerprint density at radius 3 is 1.86 bits per heavy atom. The van der Waals surface area contributed by atoms with Gasteiger partial charge in [-0.15, -0.1) is 0 Å². The second-order valence-electron chi connectivity index (χ2n) is 23.6. The normalized spacial score (nSPS) is 55.6. The number of hydrogen-bond acceptors (Lipinski definition) is 4. The summed E-state index contributed by atoms with van der Waals surface area (Å²) in [5, 5.41) is 4.12. The van der Waals surface area contributed by atoms with Gasteiger partial charge in [0, 0.05) is 39.1 Å². The van der Waals surface area contributed by atoms with Crippen LogP contribution >= 0.6 is 23.5 Å². The molecule has 0 radical (unpaired) electrons. The van der Waals surface area contributed by atoms with Crippen LogP contribution in [0.25, 0.3) is 0 Å². The summed E-state index contributed by atoms with van der Waals surface area (Å²) in [6.07, 6.45) is 48.8. The molecule has 19 unspecified atom stereocenters. The van der Waals surface area contributed by atoms with Gasteiger partial charge in [0.1, 0.15) is 0 Å². The summed E-state index contributed by atoms with van der Waals surface area (Å²) in [5.41, 5.74) is 0. The summed E-state index contributed by atoms with van der Waals surface area (Å²) < 4.78 is 7.11. The molecule has 2 nitrogen and oxygen atoms in total. The zero-order valence-electron chi connectivity index (χ0n) is 35.7. The lowest BCUT2D eigenvalue weighted by Crippen LogP contribution is -2.55. The molecular formula is C52H83NOS2. The van der Waals surface area contributed by atoms with E-state index in [9.17, 15) is 0 Å². The van der Waals surface area contributed by atoms with Crippen molar-refractivity contribution in [3.63, 3.8) is 0 Å². The standard InChI is InChI=1S/C52H83NOS2/c1-2-10-34-29-35(20-19-32(34)9-1)33-21-23-37(24-22-33)53(39-25-26-42-41-13-3-5-17-46(41)54-47(42)31-39)38-12-7-11-36(30-38)40-15-8-16-43-44-27-28-49-50(52(44)56-51(40)43)45-14-4-6-18-48(45)55-49/h32-52H,1-31H2. The first-order chi connectivity index (χ1) is 27.7. The van der Waals surface area contributed by atoms with E-state index in [1.54, 1.807) is 109 Å². The van der Waals surface area contributed by atoms with Gasteiger partial charge in [-0.3, -0.25) is 4.90 Å². The Morgan fingerprint density at radius 1 is 0.321 bits per heavy atom. The predicted molar refractivity (Wildman–Crippen MR) is 237 cm³/mol. The topological polar surface area (TPSA) is 12.5 Å². The minimum Gasteiger partial charge on any atom is -0.374 e. The van der Waals surface area contributed by atoms with Crippen molar-refractivity contribution in [1.82, 2.24) is 4.90 Å². The summed E-state index contributed by atoms with van der Waals surface area (Å²) in [7, 11) is 0. The summed E-state index contributed by atoms with van der Waals surface area (Å²) in [6, 6.07) is 2.54. The maximum atomic E-state index is 7.11. The molecule has 9 aliphatic carbocycles. The quantitative estimate of drug-likeness (QED) is 0.274. The van der Waals surface area contributed by atoms with Crippen molar-refractivity contribution in [2.75, 3.05) is 0 Å². The van der Waals surface area contributed by atoms with Crippen LogP contribution in [0.3, 0.4) is 0 Å². The average molecular weight is 802 g/mol. The smallest absolute Gasteiger partial charge is 0.0625 e. The van der Waals surface area contributed by atoms with E-state index in [1.165, 1.54) is 89.9 Å². The molecule has 56 heavy (non-hydrogen) atoms. The summed E-state index contributed by atoms with van der Waals surface area (Å²) in [4.78, 5) is 3.38. The minimum absolute atomic E-state index is 0.587. The van der Waals surface area contributed by atoms with Crippen LogP contribution in [0.1, 0.15) is 199 Å². The third-order valence-corrected chi connectivity index (χ3v) is 25.2. The Kier molecular flexibility index (Phi) is 11.2. The van der Waals surface area contributed by atoms with Crippen molar-refractivity contribution in [3.05, 3.63) is 0 Å². The molecule has 0 amide bonds. The highest BCUT2D eigenvalue weighted by atomic mass is 32.2. The lowest BCUT2D eigenvalue weighted by atomic mass is 9.62. The molecule has 3 aliphatic heterocycles. The van der Waals surface area contributed by atoms with Crippen molar-refractivity contribution in [3.8, 4) is 0 Å². The van der Waals surface area contributed by atoms with Crippen molar-refractivity contribution in [2.24, 2.45) is 71.0 Å². The number of thioether (sulfide) groups is 2. The molecule has 12 fully saturated rings. The molecule has 19 atom stereocenters. The largest absolute Gasteiger partial charge is 0.374 e. The van der Waals surface area contributed by atoms with Crippen LogP contribution in [-0.4, -0.2) is 56.2 Å². The summed E-state index contributed by atoms with van der Waals surface area (Å²) >= 11 is 5.19. The fourth-order valence-electron chi connectivity index (χ4n) is 19.1. The van der Waals surface area contributed by atoms with E-state index in [0.29, 0.717) is 12.2 Å². The molecule has 0 N–H and O–H groups in total. The molecular weight excluding hydrogens is 719 g/mol. The number of fused-ring (bicyclic) bond motifs is 11. The second kappa shape index (κ2) is 16.4. The molecule has 12 rings (SSSR count). The van der Waals surface area contributed by atoms with Crippen molar-refractivity contribution < 1.29 is 4.74 Å².